The van der Waals surface area contributed by atoms with E-state index in [1.807, 2.05) is 24.7 Å². The molecule has 6 nitrogen and oxygen atoms in total. The maximum Gasteiger partial charge on any atom is 0.122 e. The summed E-state index contributed by atoms with van der Waals surface area (Å²) in [6.45, 7) is 11.5. The number of nitrogens with one attached hydrogen (secondary N) is 1. The first-order chi connectivity index (χ1) is 12.0. The second-order valence-corrected chi connectivity index (χ2v) is 7.11. The molecule has 2 aromatic rings. The first-order valence-electron chi connectivity index (χ1n) is 9.16. The van der Waals surface area contributed by atoms with E-state index >= 15 is 0 Å². The number of morpholine rings is 1. The van der Waals surface area contributed by atoms with Gasteiger partial charge in [0.15, 0.2) is 0 Å². The molecule has 2 aromatic heterocycles. The first kappa shape index (κ1) is 18.2. The number of ether oxygens (including phenoxy) is 1. The molecule has 3 heterocycles. The van der Waals surface area contributed by atoms with Gasteiger partial charge in [0, 0.05) is 45.0 Å². The molecular weight excluding hydrogens is 316 g/mol. The number of aryl methyl sites for hydroxylation is 2. The zero-order chi connectivity index (χ0) is 17.8. The monoisotopic (exact) mass is 346 g/mol. The van der Waals surface area contributed by atoms with Crippen LogP contribution in [-0.2, 0) is 18.3 Å². The summed E-state index contributed by atoms with van der Waals surface area (Å²) in [4.78, 5) is 2.45. The zero-order valence-electron chi connectivity index (χ0n) is 15.8. The van der Waals surface area contributed by atoms with E-state index in [4.69, 9.17) is 9.15 Å². The van der Waals surface area contributed by atoms with Gasteiger partial charge in [0.25, 0.3) is 0 Å². The van der Waals surface area contributed by atoms with Crippen LogP contribution >= 0.6 is 0 Å². The number of aromatic nitrogens is 2. The number of furan rings is 1. The average Bonchev–Trinajstić information content (AvgIpc) is 3.18. The molecule has 25 heavy (non-hydrogen) atoms. The number of rotatable bonds is 7. The Bertz CT molecular complexity index is 671. The molecule has 0 unspecified atom stereocenters. The average molecular weight is 346 g/mol. The van der Waals surface area contributed by atoms with Gasteiger partial charge < -0.3 is 14.5 Å². The standard InChI is InChI=1S/C19H30N4O2/c1-14(2)19-16(13-22(4)21-19)11-20-12-17(18-6-5-15(3)25-18)23-7-9-24-10-8-23/h5-6,13-14,17,20H,7-12H2,1-4H3/t17-/m0/s1. The van der Waals surface area contributed by atoms with Gasteiger partial charge in [-0.3, -0.25) is 9.58 Å². The molecular formula is C19H30N4O2. The van der Waals surface area contributed by atoms with Crippen LogP contribution in [0.3, 0.4) is 0 Å². The fourth-order valence-corrected chi connectivity index (χ4v) is 3.45. The van der Waals surface area contributed by atoms with Crippen molar-refractivity contribution in [3.8, 4) is 0 Å². The van der Waals surface area contributed by atoms with Crippen LogP contribution in [0.2, 0.25) is 0 Å². The molecule has 6 heteroatoms. The molecule has 0 radical (unpaired) electrons. The Labute approximate surface area is 150 Å². The van der Waals surface area contributed by atoms with Crippen molar-refractivity contribution in [2.75, 3.05) is 32.8 Å². The Kier molecular flexibility index (Phi) is 5.93. The van der Waals surface area contributed by atoms with Gasteiger partial charge in [-0.25, -0.2) is 0 Å². The fourth-order valence-electron chi connectivity index (χ4n) is 3.45. The summed E-state index contributed by atoms with van der Waals surface area (Å²) < 4.78 is 13.3. The van der Waals surface area contributed by atoms with Crippen LogP contribution in [0.4, 0.5) is 0 Å². The van der Waals surface area contributed by atoms with Crippen molar-refractivity contribution in [2.45, 2.75) is 39.3 Å². The summed E-state index contributed by atoms with van der Waals surface area (Å²) in [6.07, 6.45) is 2.11. The predicted octanol–water partition coefficient (Wildman–Crippen LogP) is 2.61. The third-order valence-electron chi connectivity index (χ3n) is 4.71. The Morgan fingerprint density at radius 2 is 2.00 bits per heavy atom. The highest BCUT2D eigenvalue weighted by molar-refractivity contribution is 5.20. The summed E-state index contributed by atoms with van der Waals surface area (Å²) in [5.41, 5.74) is 2.45. The molecule has 0 amide bonds. The van der Waals surface area contributed by atoms with Crippen LogP contribution in [0.1, 0.15) is 48.6 Å². The first-order valence-corrected chi connectivity index (χ1v) is 9.16. The van der Waals surface area contributed by atoms with E-state index in [1.54, 1.807) is 0 Å². The van der Waals surface area contributed by atoms with Crippen molar-refractivity contribution in [3.05, 3.63) is 41.1 Å². The molecule has 1 aliphatic rings. The summed E-state index contributed by atoms with van der Waals surface area (Å²) in [5.74, 6) is 2.42. The highest BCUT2D eigenvalue weighted by Gasteiger charge is 2.25. The molecule has 0 saturated carbocycles. The van der Waals surface area contributed by atoms with Crippen LogP contribution in [-0.4, -0.2) is 47.5 Å². The minimum atomic E-state index is 0.233. The van der Waals surface area contributed by atoms with Gasteiger partial charge in [0.1, 0.15) is 11.5 Å². The summed E-state index contributed by atoms with van der Waals surface area (Å²) >= 11 is 0. The number of hydrogen-bond acceptors (Lipinski definition) is 5. The van der Waals surface area contributed by atoms with Gasteiger partial charge in [0.2, 0.25) is 0 Å². The maximum atomic E-state index is 5.93. The highest BCUT2D eigenvalue weighted by atomic mass is 16.5. The van der Waals surface area contributed by atoms with Gasteiger partial charge >= 0.3 is 0 Å². The zero-order valence-corrected chi connectivity index (χ0v) is 15.8. The van der Waals surface area contributed by atoms with Crippen LogP contribution in [0.15, 0.2) is 22.7 Å². The molecule has 1 N–H and O–H groups in total. The van der Waals surface area contributed by atoms with Crippen LogP contribution < -0.4 is 5.32 Å². The van der Waals surface area contributed by atoms with Crippen molar-refractivity contribution in [1.82, 2.24) is 20.0 Å². The Balaban J connectivity index is 1.66. The molecule has 138 valence electrons. The lowest BCUT2D eigenvalue weighted by atomic mass is 10.1. The van der Waals surface area contributed by atoms with Crippen molar-refractivity contribution < 1.29 is 9.15 Å². The smallest absolute Gasteiger partial charge is 0.122 e. The van der Waals surface area contributed by atoms with Crippen molar-refractivity contribution >= 4 is 0 Å². The van der Waals surface area contributed by atoms with Gasteiger partial charge in [-0.1, -0.05) is 13.8 Å². The molecule has 0 aliphatic carbocycles. The van der Waals surface area contributed by atoms with Crippen LogP contribution in [0.25, 0.3) is 0 Å². The summed E-state index contributed by atoms with van der Waals surface area (Å²) in [6, 6.07) is 4.37. The van der Waals surface area contributed by atoms with Crippen molar-refractivity contribution in [2.24, 2.45) is 7.05 Å². The fraction of sp³-hybridized carbons (Fsp3) is 0.632. The highest BCUT2D eigenvalue weighted by Crippen LogP contribution is 2.24. The van der Waals surface area contributed by atoms with E-state index < -0.39 is 0 Å². The van der Waals surface area contributed by atoms with Crippen molar-refractivity contribution in [1.29, 1.82) is 0 Å². The lowest BCUT2D eigenvalue weighted by Crippen LogP contribution is -2.42. The molecule has 0 aromatic carbocycles. The summed E-state index contributed by atoms with van der Waals surface area (Å²) in [5, 5.41) is 8.21. The van der Waals surface area contributed by atoms with E-state index in [0.717, 1.165) is 50.9 Å². The summed E-state index contributed by atoms with van der Waals surface area (Å²) in [7, 11) is 1.98. The van der Waals surface area contributed by atoms with E-state index in [-0.39, 0.29) is 6.04 Å². The van der Waals surface area contributed by atoms with E-state index in [0.29, 0.717) is 5.92 Å². The normalized spacial score (nSPS) is 17.3. The molecule has 3 rings (SSSR count). The van der Waals surface area contributed by atoms with Gasteiger partial charge in [-0.05, 0) is 25.0 Å². The maximum absolute atomic E-state index is 5.93. The van der Waals surface area contributed by atoms with E-state index in [9.17, 15) is 0 Å². The predicted molar refractivity (Wildman–Crippen MR) is 97.6 cm³/mol. The third-order valence-corrected chi connectivity index (χ3v) is 4.71. The second-order valence-electron chi connectivity index (χ2n) is 7.11. The Hall–Kier alpha value is -1.63. The minimum absolute atomic E-state index is 0.233. The quantitative estimate of drug-likeness (QED) is 0.835. The molecule has 1 aliphatic heterocycles. The lowest BCUT2D eigenvalue weighted by molar-refractivity contribution is 0.0115. The number of nitrogens with zero attached hydrogens (tertiary/aromatic N) is 3. The minimum Gasteiger partial charge on any atom is -0.465 e. The molecule has 1 saturated heterocycles. The molecule has 0 bridgehead atoms. The third kappa shape index (κ3) is 4.51. The molecule has 1 fully saturated rings. The second kappa shape index (κ2) is 8.17. The van der Waals surface area contributed by atoms with Crippen LogP contribution in [0, 0.1) is 6.92 Å². The van der Waals surface area contributed by atoms with Gasteiger partial charge in [-0.2, -0.15) is 5.10 Å². The van der Waals surface area contributed by atoms with Crippen molar-refractivity contribution in [3.63, 3.8) is 0 Å². The van der Waals surface area contributed by atoms with Gasteiger partial charge in [-0.15, -0.1) is 0 Å². The van der Waals surface area contributed by atoms with Crippen LogP contribution in [0.5, 0.6) is 0 Å². The molecule has 0 spiro atoms. The Morgan fingerprint density at radius 1 is 1.24 bits per heavy atom. The van der Waals surface area contributed by atoms with E-state index in [1.165, 1.54) is 11.3 Å². The topological polar surface area (TPSA) is 55.5 Å². The lowest BCUT2D eigenvalue weighted by Gasteiger charge is -2.33. The van der Waals surface area contributed by atoms with E-state index in [2.05, 4.69) is 41.4 Å². The Morgan fingerprint density at radius 3 is 2.64 bits per heavy atom. The SMILES string of the molecule is Cc1ccc([C@H](CNCc2cn(C)nc2C(C)C)N2CCOCC2)o1. The largest absolute Gasteiger partial charge is 0.465 e. The number of hydrogen-bond donors (Lipinski definition) is 1. The molecule has 1 atom stereocenters. The van der Waals surface area contributed by atoms with Gasteiger partial charge in [0.05, 0.1) is 24.9 Å².